The molecule has 0 fully saturated rings. The van der Waals surface area contributed by atoms with Crippen molar-refractivity contribution in [3.05, 3.63) is 53.1 Å². The van der Waals surface area contributed by atoms with Crippen molar-refractivity contribution < 1.29 is 14.3 Å². The number of carbonyl (C=O) groups is 1. The number of carboxylic acids is 1. The molecule has 0 aliphatic rings. The number of hydrogen-bond donors (Lipinski definition) is 1. The molecule has 3 rings (SSSR count). The summed E-state index contributed by atoms with van der Waals surface area (Å²) in [7, 11) is 0. The van der Waals surface area contributed by atoms with Gasteiger partial charge in [-0.05, 0) is 31.2 Å². The second-order valence-corrected chi connectivity index (χ2v) is 5.19. The van der Waals surface area contributed by atoms with Crippen LogP contribution in [0.25, 0.3) is 22.0 Å². The molecule has 1 N–H and O–H groups in total. The highest BCUT2D eigenvalue weighted by molar-refractivity contribution is 7.13. The fourth-order valence-corrected chi connectivity index (χ4v) is 2.66. The third-order valence-corrected chi connectivity index (χ3v) is 3.77. The van der Waals surface area contributed by atoms with Crippen LogP contribution in [0.3, 0.4) is 0 Å². The summed E-state index contributed by atoms with van der Waals surface area (Å²) in [5.41, 5.74) is 1.96. The van der Waals surface area contributed by atoms with Gasteiger partial charge in [0.2, 0.25) is 0 Å². The molecule has 0 aliphatic carbocycles. The van der Waals surface area contributed by atoms with Crippen molar-refractivity contribution in [3.63, 3.8) is 0 Å². The van der Waals surface area contributed by atoms with E-state index in [0.717, 1.165) is 27.8 Å². The summed E-state index contributed by atoms with van der Waals surface area (Å²) < 4.78 is 5.54. The molecule has 0 radical (unpaired) electrons. The van der Waals surface area contributed by atoms with Gasteiger partial charge >= 0.3 is 5.97 Å². The SMILES string of the molecule is Cc1ccc(-c2csc(-c3ccc(C(=O)O)cc3)n2)o1. The largest absolute Gasteiger partial charge is 0.478 e. The predicted molar refractivity (Wildman–Crippen MR) is 76.9 cm³/mol. The molecule has 0 aliphatic heterocycles. The van der Waals surface area contributed by atoms with Crippen molar-refractivity contribution in [2.24, 2.45) is 0 Å². The van der Waals surface area contributed by atoms with Gasteiger partial charge in [-0.2, -0.15) is 0 Å². The lowest BCUT2D eigenvalue weighted by Gasteiger charge is -1.97. The normalized spacial score (nSPS) is 10.7. The zero-order chi connectivity index (χ0) is 14.1. The molecule has 2 aromatic heterocycles. The first-order valence-corrected chi connectivity index (χ1v) is 6.87. The van der Waals surface area contributed by atoms with Gasteiger partial charge in [0, 0.05) is 10.9 Å². The zero-order valence-corrected chi connectivity index (χ0v) is 11.5. The first-order chi connectivity index (χ1) is 9.63. The first-order valence-electron chi connectivity index (χ1n) is 5.99. The number of furan rings is 1. The van der Waals surface area contributed by atoms with Crippen LogP contribution in [-0.2, 0) is 0 Å². The van der Waals surface area contributed by atoms with Crippen LogP contribution in [0.2, 0.25) is 0 Å². The molecule has 0 saturated heterocycles. The van der Waals surface area contributed by atoms with E-state index in [-0.39, 0.29) is 5.56 Å². The van der Waals surface area contributed by atoms with Gasteiger partial charge in [-0.3, -0.25) is 0 Å². The van der Waals surface area contributed by atoms with Crippen LogP contribution in [0.5, 0.6) is 0 Å². The maximum atomic E-state index is 10.8. The van der Waals surface area contributed by atoms with Gasteiger partial charge in [0.1, 0.15) is 16.5 Å². The first kappa shape index (κ1) is 12.6. The summed E-state index contributed by atoms with van der Waals surface area (Å²) in [5.74, 6) is 0.662. The van der Waals surface area contributed by atoms with Crippen molar-refractivity contribution in [1.29, 1.82) is 0 Å². The van der Waals surface area contributed by atoms with Crippen LogP contribution in [0.1, 0.15) is 16.1 Å². The van der Waals surface area contributed by atoms with Crippen molar-refractivity contribution in [2.45, 2.75) is 6.92 Å². The molecule has 0 saturated carbocycles. The van der Waals surface area contributed by atoms with Crippen LogP contribution in [0.4, 0.5) is 0 Å². The van der Waals surface area contributed by atoms with Crippen molar-refractivity contribution in [1.82, 2.24) is 4.98 Å². The third-order valence-electron chi connectivity index (χ3n) is 2.88. The Morgan fingerprint density at radius 3 is 2.55 bits per heavy atom. The van der Waals surface area contributed by atoms with Gasteiger partial charge in [-0.1, -0.05) is 12.1 Å². The minimum atomic E-state index is -0.928. The number of aromatic nitrogens is 1. The molecule has 2 heterocycles. The van der Waals surface area contributed by atoms with Gasteiger partial charge in [0.25, 0.3) is 0 Å². The van der Waals surface area contributed by atoms with E-state index in [2.05, 4.69) is 4.98 Å². The van der Waals surface area contributed by atoms with E-state index in [0.29, 0.717) is 0 Å². The molecule has 3 aromatic rings. The molecule has 0 amide bonds. The number of nitrogens with zero attached hydrogens (tertiary/aromatic N) is 1. The van der Waals surface area contributed by atoms with E-state index in [1.54, 1.807) is 24.3 Å². The van der Waals surface area contributed by atoms with Gasteiger partial charge in [0.05, 0.1) is 5.56 Å². The Morgan fingerprint density at radius 2 is 1.95 bits per heavy atom. The molecule has 5 heteroatoms. The number of carboxylic acid groups (broad SMARTS) is 1. The third kappa shape index (κ3) is 2.35. The molecular weight excluding hydrogens is 274 g/mol. The van der Waals surface area contributed by atoms with Crippen molar-refractivity contribution >= 4 is 17.3 Å². The van der Waals surface area contributed by atoms with E-state index in [4.69, 9.17) is 9.52 Å². The Bertz CT molecular complexity index is 756. The van der Waals surface area contributed by atoms with E-state index in [1.807, 2.05) is 24.4 Å². The fraction of sp³-hybridized carbons (Fsp3) is 0.0667. The van der Waals surface area contributed by atoms with Gasteiger partial charge in [-0.25, -0.2) is 9.78 Å². The van der Waals surface area contributed by atoms with Crippen LogP contribution in [0.15, 0.2) is 46.2 Å². The number of benzene rings is 1. The second-order valence-electron chi connectivity index (χ2n) is 4.33. The molecule has 100 valence electrons. The lowest BCUT2D eigenvalue weighted by atomic mass is 10.1. The lowest BCUT2D eigenvalue weighted by molar-refractivity contribution is 0.0697. The summed E-state index contributed by atoms with van der Waals surface area (Å²) in [5, 5.41) is 11.6. The number of aromatic carboxylic acids is 1. The number of rotatable bonds is 3. The van der Waals surface area contributed by atoms with Crippen LogP contribution >= 0.6 is 11.3 Å². The molecule has 4 nitrogen and oxygen atoms in total. The molecule has 0 unspecified atom stereocenters. The summed E-state index contributed by atoms with van der Waals surface area (Å²) in [6.45, 7) is 1.89. The minimum absolute atomic E-state index is 0.271. The van der Waals surface area contributed by atoms with Gasteiger partial charge in [-0.15, -0.1) is 11.3 Å². The molecule has 0 atom stereocenters. The molecule has 0 spiro atoms. The Kier molecular flexibility index (Phi) is 3.12. The van der Waals surface area contributed by atoms with Gasteiger partial charge < -0.3 is 9.52 Å². The summed E-state index contributed by atoms with van der Waals surface area (Å²) in [4.78, 5) is 15.3. The minimum Gasteiger partial charge on any atom is -0.478 e. The summed E-state index contributed by atoms with van der Waals surface area (Å²) in [6, 6.07) is 10.5. The monoisotopic (exact) mass is 285 g/mol. The topological polar surface area (TPSA) is 63.3 Å². The Hall–Kier alpha value is -2.40. The predicted octanol–water partition coefficient (Wildman–Crippen LogP) is 4.08. The fourth-order valence-electron chi connectivity index (χ4n) is 1.85. The van der Waals surface area contributed by atoms with E-state index >= 15 is 0 Å². The van der Waals surface area contributed by atoms with E-state index in [9.17, 15) is 4.79 Å². The quantitative estimate of drug-likeness (QED) is 0.787. The summed E-state index contributed by atoms with van der Waals surface area (Å²) in [6.07, 6.45) is 0. The number of thiazole rings is 1. The molecule has 0 bridgehead atoms. The van der Waals surface area contributed by atoms with Crippen LogP contribution < -0.4 is 0 Å². The molecule has 1 aromatic carbocycles. The van der Waals surface area contributed by atoms with Crippen molar-refractivity contribution in [3.8, 4) is 22.0 Å². The van der Waals surface area contributed by atoms with Crippen LogP contribution in [-0.4, -0.2) is 16.1 Å². The Labute approximate surface area is 119 Å². The van der Waals surface area contributed by atoms with E-state index < -0.39 is 5.97 Å². The number of aryl methyl sites for hydroxylation is 1. The van der Waals surface area contributed by atoms with E-state index in [1.165, 1.54) is 11.3 Å². The highest BCUT2D eigenvalue weighted by Crippen LogP contribution is 2.29. The lowest BCUT2D eigenvalue weighted by Crippen LogP contribution is -1.94. The second kappa shape index (κ2) is 4.94. The molecule has 20 heavy (non-hydrogen) atoms. The molecular formula is C15H11NO3S. The maximum absolute atomic E-state index is 10.8. The Morgan fingerprint density at radius 1 is 1.20 bits per heavy atom. The highest BCUT2D eigenvalue weighted by atomic mass is 32.1. The zero-order valence-electron chi connectivity index (χ0n) is 10.7. The average Bonchev–Trinajstić information content (AvgIpc) is 3.07. The smallest absolute Gasteiger partial charge is 0.335 e. The van der Waals surface area contributed by atoms with Gasteiger partial charge in [0.15, 0.2) is 5.76 Å². The Balaban J connectivity index is 1.91. The van der Waals surface area contributed by atoms with Crippen molar-refractivity contribution in [2.75, 3.05) is 0 Å². The highest BCUT2D eigenvalue weighted by Gasteiger charge is 2.10. The average molecular weight is 285 g/mol. The maximum Gasteiger partial charge on any atom is 0.335 e. The summed E-state index contributed by atoms with van der Waals surface area (Å²) >= 11 is 1.50. The standard InChI is InChI=1S/C15H11NO3S/c1-9-2-7-13(19-9)12-8-20-14(16-12)10-3-5-11(6-4-10)15(17)18/h2-8H,1H3,(H,17,18). The van der Waals surface area contributed by atoms with Crippen LogP contribution in [0, 0.1) is 6.92 Å². The number of hydrogen-bond acceptors (Lipinski definition) is 4.